The van der Waals surface area contributed by atoms with E-state index < -0.39 is 24.6 Å². The number of rotatable bonds is 4. The van der Waals surface area contributed by atoms with Crippen molar-refractivity contribution in [3.63, 3.8) is 0 Å². The van der Waals surface area contributed by atoms with Crippen LogP contribution in [0.1, 0.15) is 31.2 Å². The van der Waals surface area contributed by atoms with Crippen LogP contribution in [-0.4, -0.2) is 29.3 Å². The van der Waals surface area contributed by atoms with Gasteiger partial charge in [0.25, 0.3) is 0 Å². The van der Waals surface area contributed by atoms with Crippen molar-refractivity contribution < 1.29 is 27.9 Å². The average Bonchev–Trinajstić information content (AvgIpc) is 2.46. The Kier molecular flexibility index (Phi) is 5.69. The van der Waals surface area contributed by atoms with Crippen LogP contribution in [0.2, 0.25) is 0 Å². The second-order valence-corrected chi connectivity index (χ2v) is 5.98. The minimum absolute atomic E-state index is 0.0715. The number of urea groups is 1. The third kappa shape index (κ3) is 5.75. The quantitative estimate of drug-likeness (QED) is 0.781. The molecule has 1 aliphatic carbocycles. The maximum absolute atomic E-state index is 12.4. The van der Waals surface area contributed by atoms with Gasteiger partial charge < -0.3 is 15.7 Å². The zero-order valence-electron chi connectivity index (χ0n) is 12.9. The van der Waals surface area contributed by atoms with E-state index in [0.29, 0.717) is 25.7 Å². The summed E-state index contributed by atoms with van der Waals surface area (Å²) in [5.74, 6) is -1.19. The van der Waals surface area contributed by atoms with Crippen LogP contribution in [0.3, 0.4) is 0 Å². The van der Waals surface area contributed by atoms with Crippen LogP contribution in [0.15, 0.2) is 24.3 Å². The van der Waals surface area contributed by atoms with Crippen molar-refractivity contribution in [2.75, 3.05) is 5.32 Å². The van der Waals surface area contributed by atoms with E-state index in [4.69, 9.17) is 5.11 Å². The minimum atomic E-state index is -4.30. The summed E-state index contributed by atoms with van der Waals surface area (Å²) < 4.78 is 37.2. The number of nitrogens with one attached hydrogen (secondary N) is 2. The lowest BCUT2D eigenvalue weighted by atomic mass is 9.86. The first-order chi connectivity index (χ1) is 11.2. The number of alkyl halides is 3. The Balaban J connectivity index is 1.85. The molecule has 0 bridgehead atoms. The average molecular weight is 344 g/mol. The molecule has 0 radical (unpaired) electrons. The molecule has 0 spiro atoms. The Morgan fingerprint density at radius 3 is 2.42 bits per heavy atom. The maximum Gasteiger partial charge on any atom is 0.393 e. The summed E-state index contributed by atoms with van der Waals surface area (Å²) in [6.07, 6.45) is -3.22. The van der Waals surface area contributed by atoms with E-state index in [1.807, 2.05) is 0 Å². The monoisotopic (exact) mass is 344 g/mol. The predicted molar refractivity (Wildman–Crippen MR) is 81.7 cm³/mol. The molecule has 0 saturated heterocycles. The summed E-state index contributed by atoms with van der Waals surface area (Å²) in [5, 5.41) is 14.2. The molecule has 1 aromatic carbocycles. The zero-order chi connectivity index (χ0) is 17.7. The van der Waals surface area contributed by atoms with Crippen LogP contribution in [-0.2, 0) is 11.2 Å². The molecule has 2 rings (SSSR count). The Labute approximate surface area is 137 Å². The third-order valence-corrected chi connectivity index (χ3v) is 4.00. The standard InChI is InChI=1S/C16H19F3N2O3/c17-16(18,19)9-10-2-1-3-13(8-10)21-15(24)20-12-6-4-11(5-7-12)14(22)23/h1-3,8,11-12H,4-7,9H2,(H,22,23)(H2,20,21,24). The lowest BCUT2D eigenvalue weighted by Crippen LogP contribution is -2.41. The van der Waals surface area contributed by atoms with Gasteiger partial charge in [0.05, 0.1) is 12.3 Å². The van der Waals surface area contributed by atoms with Crippen molar-refractivity contribution in [3.8, 4) is 0 Å². The summed E-state index contributed by atoms with van der Waals surface area (Å²) in [6, 6.07) is 4.98. The molecule has 0 aromatic heterocycles. The van der Waals surface area contributed by atoms with Crippen LogP contribution in [0.4, 0.5) is 23.7 Å². The predicted octanol–water partition coefficient (Wildman–Crippen LogP) is 3.56. The second kappa shape index (κ2) is 7.55. The van der Waals surface area contributed by atoms with Gasteiger partial charge in [0.15, 0.2) is 0 Å². The molecule has 0 unspecified atom stereocenters. The van der Waals surface area contributed by atoms with Gasteiger partial charge in [-0.2, -0.15) is 13.2 Å². The first-order valence-corrected chi connectivity index (χ1v) is 7.69. The van der Waals surface area contributed by atoms with E-state index in [1.165, 1.54) is 24.3 Å². The van der Waals surface area contributed by atoms with Gasteiger partial charge in [0.1, 0.15) is 0 Å². The number of halogens is 3. The molecule has 0 aliphatic heterocycles. The highest BCUT2D eigenvalue weighted by Gasteiger charge is 2.28. The number of aliphatic carboxylic acids is 1. The molecule has 1 aliphatic rings. The molecule has 1 fully saturated rings. The van der Waals surface area contributed by atoms with E-state index in [9.17, 15) is 22.8 Å². The highest BCUT2D eigenvalue weighted by Crippen LogP contribution is 2.25. The smallest absolute Gasteiger partial charge is 0.393 e. The maximum atomic E-state index is 12.4. The van der Waals surface area contributed by atoms with Crippen LogP contribution in [0.25, 0.3) is 0 Å². The van der Waals surface area contributed by atoms with Gasteiger partial charge in [0, 0.05) is 11.7 Å². The van der Waals surface area contributed by atoms with Gasteiger partial charge in [0.2, 0.25) is 0 Å². The summed E-state index contributed by atoms with van der Waals surface area (Å²) in [6.45, 7) is 0. The van der Waals surface area contributed by atoms with Crippen molar-refractivity contribution >= 4 is 17.7 Å². The highest BCUT2D eigenvalue weighted by atomic mass is 19.4. The normalized spacial score (nSPS) is 21.1. The van der Waals surface area contributed by atoms with Crippen molar-refractivity contribution in [1.29, 1.82) is 0 Å². The van der Waals surface area contributed by atoms with Gasteiger partial charge in [-0.15, -0.1) is 0 Å². The lowest BCUT2D eigenvalue weighted by molar-refractivity contribution is -0.142. The third-order valence-electron chi connectivity index (χ3n) is 4.00. The van der Waals surface area contributed by atoms with Crippen LogP contribution in [0, 0.1) is 5.92 Å². The summed E-state index contributed by atoms with van der Waals surface area (Å²) in [4.78, 5) is 22.8. The SMILES string of the molecule is O=C(Nc1cccc(CC(F)(F)F)c1)NC1CCC(C(=O)O)CC1. The minimum Gasteiger partial charge on any atom is -0.481 e. The van der Waals surface area contributed by atoms with E-state index in [0.717, 1.165) is 0 Å². The van der Waals surface area contributed by atoms with Gasteiger partial charge in [-0.3, -0.25) is 4.79 Å². The number of hydrogen-bond acceptors (Lipinski definition) is 2. The molecule has 0 atom stereocenters. The molecular formula is C16H19F3N2O3. The Morgan fingerprint density at radius 2 is 1.83 bits per heavy atom. The van der Waals surface area contributed by atoms with Gasteiger partial charge in [-0.05, 0) is 43.4 Å². The molecule has 8 heteroatoms. The second-order valence-electron chi connectivity index (χ2n) is 5.98. The van der Waals surface area contributed by atoms with Crippen LogP contribution in [0.5, 0.6) is 0 Å². The van der Waals surface area contributed by atoms with Gasteiger partial charge in [-0.25, -0.2) is 4.79 Å². The fourth-order valence-electron chi connectivity index (χ4n) is 2.83. The van der Waals surface area contributed by atoms with E-state index >= 15 is 0 Å². The Morgan fingerprint density at radius 1 is 1.17 bits per heavy atom. The number of amides is 2. The fourth-order valence-corrected chi connectivity index (χ4v) is 2.83. The lowest BCUT2D eigenvalue weighted by Gasteiger charge is -2.26. The van der Waals surface area contributed by atoms with Crippen molar-refractivity contribution in [2.24, 2.45) is 5.92 Å². The summed E-state index contributed by atoms with van der Waals surface area (Å²) in [5.41, 5.74) is 0.357. The highest BCUT2D eigenvalue weighted by molar-refractivity contribution is 5.89. The number of carboxylic acid groups (broad SMARTS) is 1. The molecule has 2 amide bonds. The summed E-state index contributed by atoms with van der Waals surface area (Å²) >= 11 is 0. The molecule has 1 aromatic rings. The van der Waals surface area contributed by atoms with Crippen molar-refractivity contribution in [2.45, 2.75) is 44.3 Å². The van der Waals surface area contributed by atoms with Crippen LogP contribution < -0.4 is 10.6 Å². The Hall–Kier alpha value is -2.25. The molecule has 1 saturated carbocycles. The van der Waals surface area contributed by atoms with Crippen LogP contribution >= 0.6 is 0 Å². The molecule has 5 nitrogen and oxygen atoms in total. The van der Waals surface area contributed by atoms with Crippen molar-refractivity contribution in [1.82, 2.24) is 5.32 Å². The number of carbonyl (C=O) groups is 2. The zero-order valence-corrected chi connectivity index (χ0v) is 12.9. The number of benzene rings is 1. The largest absolute Gasteiger partial charge is 0.481 e. The first kappa shape index (κ1) is 18.1. The summed E-state index contributed by atoms with van der Waals surface area (Å²) in [7, 11) is 0. The molecule has 3 N–H and O–H groups in total. The topological polar surface area (TPSA) is 78.4 Å². The molecule has 24 heavy (non-hydrogen) atoms. The van der Waals surface area contributed by atoms with Gasteiger partial charge >= 0.3 is 18.2 Å². The van der Waals surface area contributed by atoms with E-state index in [1.54, 1.807) is 0 Å². The number of anilines is 1. The molecular weight excluding hydrogens is 325 g/mol. The number of hydrogen-bond donors (Lipinski definition) is 3. The van der Waals surface area contributed by atoms with E-state index in [-0.39, 0.29) is 23.2 Å². The van der Waals surface area contributed by atoms with E-state index in [2.05, 4.69) is 10.6 Å². The number of carboxylic acids is 1. The fraction of sp³-hybridized carbons (Fsp3) is 0.500. The number of carbonyl (C=O) groups excluding carboxylic acids is 1. The Bertz CT molecular complexity index is 596. The van der Waals surface area contributed by atoms with Gasteiger partial charge in [-0.1, -0.05) is 12.1 Å². The van der Waals surface area contributed by atoms with Crippen molar-refractivity contribution in [3.05, 3.63) is 29.8 Å². The molecule has 0 heterocycles. The first-order valence-electron chi connectivity index (χ1n) is 7.69. The molecule has 132 valence electrons.